The highest BCUT2D eigenvalue weighted by molar-refractivity contribution is 5.94. The Morgan fingerprint density at radius 2 is 1.92 bits per heavy atom. The summed E-state index contributed by atoms with van der Waals surface area (Å²) in [7, 11) is 0. The van der Waals surface area contributed by atoms with Crippen LogP contribution in [-0.4, -0.2) is 22.4 Å². The number of para-hydroxylation sites is 1. The molecule has 0 unspecified atom stereocenters. The Bertz CT molecular complexity index is 960. The standard InChI is InChI=1S/C19H19N3O2/c1-12-7-8-14(11-13(12)2)18(23)20-10-9-17-21-16-6-4-3-5-15(16)19(24)22-17/h3-8,11H,9-10H2,1-2H3,(H,20,23)(H,21,22,24). The predicted molar refractivity (Wildman–Crippen MR) is 94.3 cm³/mol. The first-order valence-corrected chi connectivity index (χ1v) is 7.88. The van der Waals surface area contributed by atoms with E-state index >= 15 is 0 Å². The van der Waals surface area contributed by atoms with Gasteiger partial charge in [-0.1, -0.05) is 18.2 Å². The van der Waals surface area contributed by atoms with E-state index in [1.54, 1.807) is 6.07 Å². The fourth-order valence-corrected chi connectivity index (χ4v) is 2.53. The summed E-state index contributed by atoms with van der Waals surface area (Å²) in [4.78, 5) is 31.4. The van der Waals surface area contributed by atoms with Gasteiger partial charge in [-0.2, -0.15) is 0 Å². The number of hydrogen-bond donors (Lipinski definition) is 2. The largest absolute Gasteiger partial charge is 0.352 e. The van der Waals surface area contributed by atoms with E-state index in [2.05, 4.69) is 15.3 Å². The average Bonchev–Trinajstić information content (AvgIpc) is 2.57. The van der Waals surface area contributed by atoms with E-state index in [4.69, 9.17) is 0 Å². The van der Waals surface area contributed by atoms with Crippen molar-refractivity contribution in [1.29, 1.82) is 0 Å². The van der Waals surface area contributed by atoms with Crippen LogP contribution in [0.4, 0.5) is 0 Å². The van der Waals surface area contributed by atoms with E-state index < -0.39 is 0 Å². The number of amides is 1. The van der Waals surface area contributed by atoms with Gasteiger partial charge in [-0.25, -0.2) is 4.98 Å². The van der Waals surface area contributed by atoms with Gasteiger partial charge in [0, 0.05) is 18.5 Å². The van der Waals surface area contributed by atoms with Crippen molar-refractivity contribution in [3.63, 3.8) is 0 Å². The fraction of sp³-hybridized carbons (Fsp3) is 0.211. The highest BCUT2D eigenvalue weighted by Gasteiger charge is 2.07. The minimum Gasteiger partial charge on any atom is -0.352 e. The van der Waals surface area contributed by atoms with Gasteiger partial charge in [0.25, 0.3) is 11.5 Å². The molecule has 1 aromatic heterocycles. The van der Waals surface area contributed by atoms with Crippen molar-refractivity contribution in [2.24, 2.45) is 0 Å². The number of aryl methyl sites for hydroxylation is 2. The lowest BCUT2D eigenvalue weighted by Crippen LogP contribution is -2.27. The molecule has 0 bridgehead atoms. The lowest BCUT2D eigenvalue weighted by Gasteiger charge is -2.07. The molecule has 3 rings (SSSR count). The predicted octanol–water partition coefficient (Wildman–Crippen LogP) is 2.51. The monoisotopic (exact) mass is 321 g/mol. The van der Waals surface area contributed by atoms with Gasteiger partial charge in [-0.05, 0) is 49.2 Å². The molecule has 5 nitrogen and oxygen atoms in total. The number of rotatable bonds is 4. The van der Waals surface area contributed by atoms with E-state index in [0.29, 0.717) is 35.3 Å². The molecular weight excluding hydrogens is 302 g/mol. The number of hydrogen-bond acceptors (Lipinski definition) is 3. The SMILES string of the molecule is Cc1ccc(C(=O)NCCc2nc3ccccc3c(=O)[nH]2)cc1C. The fourth-order valence-electron chi connectivity index (χ4n) is 2.53. The Labute approximate surface area is 139 Å². The van der Waals surface area contributed by atoms with Gasteiger partial charge in [0.15, 0.2) is 0 Å². The van der Waals surface area contributed by atoms with Crippen LogP contribution in [0.5, 0.6) is 0 Å². The van der Waals surface area contributed by atoms with Crippen molar-refractivity contribution in [1.82, 2.24) is 15.3 Å². The normalized spacial score (nSPS) is 10.8. The second-order valence-corrected chi connectivity index (χ2v) is 5.83. The van der Waals surface area contributed by atoms with E-state index in [0.717, 1.165) is 11.1 Å². The zero-order chi connectivity index (χ0) is 17.1. The zero-order valence-electron chi connectivity index (χ0n) is 13.7. The third-order valence-corrected chi connectivity index (χ3v) is 4.08. The number of aromatic amines is 1. The first-order valence-electron chi connectivity index (χ1n) is 7.88. The molecule has 0 radical (unpaired) electrons. The van der Waals surface area contributed by atoms with Crippen LogP contribution in [-0.2, 0) is 6.42 Å². The van der Waals surface area contributed by atoms with E-state index in [1.807, 2.05) is 50.2 Å². The number of nitrogens with zero attached hydrogens (tertiary/aromatic N) is 1. The first-order chi connectivity index (χ1) is 11.5. The number of carbonyl (C=O) groups is 1. The van der Waals surface area contributed by atoms with E-state index in [9.17, 15) is 9.59 Å². The molecule has 0 spiro atoms. The van der Waals surface area contributed by atoms with Gasteiger partial charge in [0.2, 0.25) is 0 Å². The average molecular weight is 321 g/mol. The summed E-state index contributed by atoms with van der Waals surface area (Å²) in [5, 5.41) is 3.43. The van der Waals surface area contributed by atoms with Gasteiger partial charge < -0.3 is 10.3 Å². The third kappa shape index (κ3) is 3.35. The van der Waals surface area contributed by atoms with Gasteiger partial charge in [0.05, 0.1) is 10.9 Å². The molecule has 1 heterocycles. The lowest BCUT2D eigenvalue weighted by molar-refractivity contribution is 0.0954. The van der Waals surface area contributed by atoms with Crippen LogP contribution in [0.25, 0.3) is 10.9 Å². The maximum Gasteiger partial charge on any atom is 0.258 e. The summed E-state index contributed by atoms with van der Waals surface area (Å²) in [5.41, 5.74) is 3.39. The van der Waals surface area contributed by atoms with Crippen molar-refractivity contribution in [2.45, 2.75) is 20.3 Å². The molecule has 2 aromatic carbocycles. The molecule has 0 aliphatic heterocycles. The van der Waals surface area contributed by atoms with Crippen LogP contribution < -0.4 is 10.9 Å². The molecule has 122 valence electrons. The number of H-pyrrole nitrogens is 1. The quantitative estimate of drug-likeness (QED) is 0.775. The van der Waals surface area contributed by atoms with Crippen molar-refractivity contribution in [3.8, 4) is 0 Å². The molecule has 24 heavy (non-hydrogen) atoms. The number of benzene rings is 2. The Balaban J connectivity index is 1.67. The van der Waals surface area contributed by atoms with Gasteiger partial charge in [-0.15, -0.1) is 0 Å². The van der Waals surface area contributed by atoms with Crippen molar-refractivity contribution >= 4 is 16.8 Å². The second-order valence-electron chi connectivity index (χ2n) is 5.83. The highest BCUT2D eigenvalue weighted by atomic mass is 16.1. The molecule has 0 saturated heterocycles. The van der Waals surface area contributed by atoms with Crippen LogP contribution in [0.3, 0.4) is 0 Å². The molecule has 5 heteroatoms. The Kier molecular flexibility index (Phi) is 4.42. The van der Waals surface area contributed by atoms with Crippen LogP contribution >= 0.6 is 0 Å². The Morgan fingerprint density at radius 1 is 1.12 bits per heavy atom. The van der Waals surface area contributed by atoms with Crippen molar-refractivity contribution in [2.75, 3.05) is 6.54 Å². The van der Waals surface area contributed by atoms with Crippen LogP contribution in [0, 0.1) is 13.8 Å². The van der Waals surface area contributed by atoms with Gasteiger partial charge in [-0.3, -0.25) is 9.59 Å². The first kappa shape index (κ1) is 15.9. The number of carbonyl (C=O) groups excluding carboxylic acids is 1. The van der Waals surface area contributed by atoms with Gasteiger partial charge in [0.1, 0.15) is 5.82 Å². The summed E-state index contributed by atoms with van der Waals surface area (Å²) in [6, 6.07) is 12.8. The summed E-state index contributed by atoms with van der Waals surface area (Å²) in [6.45, 7) is 4.40. The van der Waals surface area contributed by atoms with Crippen LogP contribution in [0.2, 0.25) is 0 Å². The molecule has 0 atom stereocenters. The highest BCUT2D eigenvalue weighted by Crippen LogP contribution is 2.10. The molecule has 2 N–H and O–H groups in total. The van der Waals surface area contributed by atoms with Crippen molar-refractivity contribution in [3.05, 3.63) is 75.3 Å². The molecular formula is C19H19N3O2. The minimum absolute atomic E-state index is 0.124. The topological polar surface area (TPSA) is 74.8 Å². The molecule has 0 aliphatic rings. The minimum atomic E-state index is -0.156. The summed E-state index contributed by atoms with van der Waals surface area (Å²) < 4.78 is 0. The Morgan fingerprint density at radius 3 is 2.71 bits per heavy atom. The zero-order valence-corrected chi connectivity index (χ0v) is 13.7. The third-order valence-electron chi connectivity index (χ3n) is 4.08. The second kappa shape index (κ2) is 6.66. The molecule has 1 amide bonds. The van der Waals surface area contributed by atoms with Gasteiger partial charge >= 0.3 is 0 Å². The van der Waals surface area contributed by atoms with Crippen molar-refractivity contribution < 1.29 is 4.79 Å². The summed E-state index contributed by atoms with van der Waals surface area (Å²) in [6.07, 6.45) is 0.469. The maximum atomic E-state index is 12.2. The Hall–Kier alpha value is -2.95. The van der Waals surface area contributed by atoms with E-state index in [-0.39, 0.29) is 11.5 Å². The molecule has 0 saturated carbocycles. The molecule has 3 aromatic rings. The lowest BCUT2D eigenvalue weighted by atomic mass is 10.1. The van der Waals surface area contributed by atoms with E-state index in [1.165, 1.54) is 0 Å². The molecule has 0 aliphatic carbocycles. The number of aromatic nitrogens is 2. The maximum absolute atomic E-state index is 12.2. The smallest absolute Gasteiger partial charge is 0.258 e. The molecule has 0 fully saturated rings. The van der Waals surface area contributed by atoms with Crippen LogP contribution in [0.1, 0.15) is 27.3 Å². The summed E-state index contributed by atoms with van der Waals surface area (Å²) >= 11 is 0. The number of nitrogens with one attached hydrogen (secondary N) is 2. The summed E-state index contributed by atoms with van der Waals surface area (Å²) in [5.74, 6) is 0.445. The van der Waals surface area contributed by atoms with Crippen LogP contribution in [0.15, 0.2) is 47.3 Å². The number of fused-ring (bicyclic) bond motifs is 1.